The van der Waals surface area contributed by atoms with Crippen LogP contribution in [0.5, 0.6) is 0 Å². The maximum Gasteiger partial charge on any atom is 0.325 e. The molecule has 4 nitrogen and oxygen atoms in total. The van der Waals surface area contributed by atoms with Gasteiger partial charge >= 0.3 is 11.9 Å². The second-order valence-electron chi connectivity index (χ2n) is 5.62. The Morgan fingerprint density at radius 1 is 1.00 bits per heavy atom. The van der Waals surface area contributed by atoms with E-state index in [1.165, 1.54) is 0 Å². The molecule has 0 spiro atoms. The number of carbonyl (C=O) groups is 2. The Kier molecular flexibility index (Phi) is 3.79. The van der Waals surface area contributed by atoms with Gasteiger partial charge in [-0.2, -0.15) is 0 Å². The molecule has 1 aromatic rings. The Bertz CT molecular complexity index is 429. The molecule has 0 bridgehead atoms. The first kappa shape index (κ1) is 14.2. The molecule has 0 aliphatic carbocycles. The lowest BCUT2D eigenvalue weighted by molar-refractivity contribution is -0.159. The summed E-state index contributed by atoms with van der Waals surface area (Å²) < 4.78 is 0. The van der Waals surface area contributed by atoms with Crippen LogP contribution in [0.25, 0.3) is 0 Å². The Morgan fingerprint density at radius 2 is 1.44 bits per heavy atom. The van der Waals surface area contributed by atoms with E-state index in [2.05, 4.69) is 0 Å². The topological polar surface area (TPSA) is 74.6 Å². The molecule has 0 heterocycles. The molecule has 1 aromatic carbocycles. The monoisotopic (exact) mass is 250 g/mol. The number of carboxylic acid groups (broad SMARTS) is 2. The highest BCUT2D eigenvalue weighted by molar-refractivity contribution is 6.04. The molecule has 0 aliphatic rings. The Labute approximate surface area is 106 Å². The lowest BCUT2D eigenvalue weighted by Gasteiger charge is -2.32. The van der Waals surface area contributed by atoms with Crippen LogP contribution in [0.3, 0.4) is 0 Å². The molecule has 0 unspecified atom stereocenters. The van der Waals surface area contributed by atoms with E-state index in [1.807, 2.05) is 20.8 Å². The highest BCUT2D eigenvalue weighted by Crippen LogP contribution is 2.37. The lowest BCUT2D eigenvalue weighted by atomic mass is 9.69. The van der Waals surface area contributed by atoms with Crippen molar-refractivity contribution in [1.29, 1.82) is 0 Å². The fourth-order valence-electron chi connectivity index (χ4n) is 2.11. The molecule has 2 N–H and O–H groups in total. The maximum absolute atomic E-state index is 11.6. The average Bonchev–Trinajstić information content (AvgIpc) is 2.25. The SMILES string of the molecule is CC(C)(C)CC(C(=O)O)(C(=O)O)c1ccccc1. The van der Waals surface area contributed by atoms with Crippen LogP contribution in [0.2, 0.25) is 0 Å². The quantitative estimate of drug-likeness (QED) is 0.805. The van der Waals surface area contributed by atoms with Crippen molar-refractivity contribution < 1.29 is 19.8 Å². The summed E-state index contributed by atoms with van der Waals surface area (Å²) in [4.78, 5) is 23.1. The largest absolute Gasteiger partial charge is 0.480 e. The zero-order valence-corrected chi connectivity index (χ0v) is 10.8. The van der Waals surface area contributed by atoms with Gasteiger partial charge in [0.25, 0.3) is 0 Å². The van der Waals surface area contributed by atoms with Gasteiger partial charge in [-0.15, -0.1) is 0 Å². The summed E-state index contributed by atoms with van der Waals surface area (Å²) in [5.41, 5.74) is -1.99. The number of benzene rings is 1. The van der Waals surface area contributed by atoms with Crippen molar-refractivity contribution in [3.8, 4) is 0 Å². The highest BCUT2D eigenvalue weighted by Gasteiger charge is 2.50. The summed E-state index contributed by atoms with van der Waals surface area (Å²) in [6, 6.07) is 8.13. The van der Waals surface area contributed by atoms with E-state index < -0.39 is 22.8 Å². The van der Waals surface area contributed by atoms with Crippen molar-refractivity contribution in [2.75, 3.05) is 0 Å². The highest BCUT2D eigenvalue weighted by atomic mass is 16.4. The van der Waals surface area contributed by atoms with Crippen molar-refractivity contribution in [1.82, 2.24) is 0 Å². The first-order valence-electron chi connectivity index (χ1n) is 5.72. The van der Waals surface area contributed by atoms with Crippen molar-refractivity contribution in [2.24, 2.45) is 5.41 Å². The summed E-state index contributed by atoms with van der Waals surface area (Å²) in [5, 5.41) is 18.9. The zero-order chi connectivity index (χ0) is 14.0. The smallest absolute Gasteiger partial charge is 0.325 e. The van der Waals surface area contributed by atoms with Gasteiger partial charge in [0.2, 0.25) is 0 Å². The average molecular weight is 250 g/mol. The minimum absolute atomic E-state index is 0.0364. The second-order valence-corrected chi connectivity index (χ2v) is 5.62. The van der Waals surface area contributed by atoms with E-state index in [0.717, 1.165) is 0 Å². The molecule has 0 aromatic heterocycles. The number of aliphatic carboxylic acids is 2. The first-order chi connectivity index (χ1) is 8.20. The maximum atomic E-state index is 11.6. The Morgan fingerprint density at radius 3 is 1.78 bits per heavy atom. The van der Waals surface area contributed by atoms with E-state index in [9.17, 15) is 19.8 Å². The molecular formula is C14H18O4. The summed E-state index contributed by atoms with van der Waals surface area (Å²) in [6.45, 7) is 5.49. The summed E-state index contributed by atoms with van der Waals surface area (Å²) in [6.07, 6.45) is 0.0364. The second kappa shape index (κ2) is 4.80. The normalized spacial score (nSPS) is 12.2. The van der Waals surface area contributed by atoms with Crippen LogP contribution in [-0.4, -0.2) is 22.2 Å². The van der Waals surface area contributed by atoms with Crippen molar-refractivity contribution in [3.63, 3.8) is 0 Å². The molecule has 0 aliphatic heterocycles. The number of hydrogen-bond acceptors (Lipinski definition) is 2. The predicted molar refractivity (Wildman–Crippen MR) is 67.5 cm³/mol. The number of carboxylic acids is 2. The minimum atomic E-state index is -1.89. The molecule has 0 fully saturated rings. The van der Waals surface area contributed by atoms with Gasteiger partial charge in [-0.3, -0.25) is 9.59 Å². The molecule has 0 amide bonds. The molecule has 0 atom stereocenters. The van der Waals surface area contributed by atoms with E-state index in [1.54, 1.807) is 30.3 Å². The van der Waals surface area contributed by atoms with Gasteiger partial charge in [0.05, 0.1) is 0 Å². The van der Waals surface area contributed by atoms with Crippen LogP contribution >= 0.6 is 0 Å². The first-order valence-corrected chi connectivity index (χ1v) is 5.72. The molecule has 18 heavy (non-hydrogen) atoms. The van der Waals surface area contributed by atoms with Crippen LogP contribution in [0, 0.1) is 5.41 Å². The van der Waals surface area contributed by atoms with Gasteiger partial charge in [-0.25, -0.2) is 0 Å². The predicted octanol–water partition coefficient (Wildman–Crippen LogP) is 2.53. The van der Waals surface area contributed by atoms with E-state index in [0.29, 0.717) is 5.56 Å². The molecule has 0 radical (unpaired) electrons. The third kappa shape index (κ3) is 2.70. The van der Waals surface area contributed by atoms with Gasteiger partial charge in [-0.1, -0.05) is 51.1 Å². The minimum Gasteiger partial charge on any atom is -0.480 e. The third-order valence-electron chi connectivity index (χ3n) is 2.79. The fraction of sp³-hybridized carbons (Fsp3) is 0.429. The van der Waals surface area contributed by atoms with Crippen LogP contribution in [-0.2, 0) is 15.0 Å². The zero-order valence-electron chi connectivity index (χ0n) is 10.8. The lowest BCUT2D eigenvalue weighted by Crippen LogP contribution is -2.46. The fourth-order valence-corrected chi connectivity index (χ4v) is 2.11. The van der Waals surface area contributed by atoms with E-state index in [4.69, 9.17) is 0 Å². The molecule has 4 heteroatoms. The van der Waals surface area contributed by atoms with Crippen molar-refractivity contribution in [3.05, 3.63) is 35.9 Å². The summed E-state index contributed by atoms with van der Waals surface area (Å²) in [7, 11) is 0. The van der Waals surface area contributed by atoms with Gasteiger partial charge < -0.3 is 10.2 Å². The number of hydrogen-bond donors (Lipinski definition) is 2. The van der Waals surface area contributed by atoms with Crippen molar-refractivity contribution >= 4 is 11.9 Å². The molecule has 98 valence electrons. The molecular weight excluding hydrogens is 232 g/mol. The van der Waals surface area contributed by atoms with Crippen molar-refractivity contribution in [2.45, 2.75) is 32.6 Å². The third-order valence-corrected chi connectivity index (χ3v) is 2.79. The molecule has 1 rings (SSSR count). The Balaban J connectivity index is 3.41. The van der Waals surface area contributed by atoms with E-state index >= 15 is 0 Å². The number of rotatable bonds is 4. The van der Waals surface area contributed by atoms with Gasteiger partial charge in [0, 0.05) is 0 Å². The molecule has 0 saturated heterocycles. The van der Waals surface area contributed by atoms with Gasteiger partial charge in [0.1, 0.15) is 0 Å². The summed E-state index contributed by atoms with van der Waals surface area (Å²) >= 11 is 0. The Hall–Kier alpha value is -1.84. The van der Waals surface area contributed by atoms with Crippen LogP contribution in [0.4, 0.5) is 0 Å². The van der Waals surface area contributed by atoms with E-state index in [-0.39, 0.29) is 6.42 Å². The van der Waals surface area contributed by atoms with Gasteiger partial charge in [0.15, 0.2) is 5.41 Å². The van der Waals surface area contributed by atoms with Crippen LogP contribution < -0.4 is 0 Å². The summed E-state index contributed by atoms with van der Waals surface area (Å²) in [5.74, 6) is -2.65. The van der Waals surface area contributed by atoms with Gasteiger partial charge in [-0.05, 0) is 17.4 Å². The molecule has 0 saturated carbocycles. The van der Waals surface area contributed by atoms with Crippen LogP contribution in [0.15, 0.2) is 30.3 Å². The van der Waals surface area contributed by atoms with Crippen LogP contribution in [0.1, 0.15) is 32.8 Å². The standard InChI is InChI=1S/C14H18O4/c1-13(2,3)9-14(11(15)16,12(17)18)10-7-5-4-6-8-10/h4-8H,9H2,1-3H3,(H,15,16)(H,17,18).